The Morgan fingerprint density at radius 3 is 2.33 bits per heavy atom. The fourth-order valence-electron chi connectivity index (χ4n) is 1.80. The molecule has 0 aliphatic rings. The van der Waals surface area contributed by atoms with Gasteiger partial charge < -0.3 is 20.6 Å². The number of carbonyl (C=O) groups excluding carboxylic acids is 1. The first-order valence-corrected chi connectivity index (χ1v) is 7.57. The summed E-state index contributed by atoms with van der Waals surface area (Å²) in [6.07, 6.45) is 12.7. The minimum absolute atomic E-state index is 0. The van der Waals surface area contributed by atoms with Gasteiger partial charge in [-0.1, -0.05) is 45.4 Å². The van der Waals surface area contributed by atoms with Crippen LogP contribution in [0.2, 0.25) is 0 Å². The van der Waals surface area contributed by atoms with Crippen LogP contribution in [0.15, 0.2) is 12.5 Å². The molecule has 0 fully saturated rings. The third-order valence-corrected chi connectivity index (χ3v) is 2.95. The second kappa shape index (κ2) is 17.7. The van der Waals surface area contributed by atoms with Crippen molar-refractivity contribution in [3.05, 3.63) is 18.2 Å². The van der Waals surface area contributed by atoms with Crippen LogP contribution < -0.4 is 40.4 Å². The molecule has 1 aromatic heterocycles. The number of hydrogen-bond donors (Lipinski definition) is 2. The molecule has 0 unspecified atom stereocenters. The van der Waals surface area contributed by atoms with E-state index >= 15 is 0 Å². The van der Waals surface area contributed by atoms with Crippen LogP contribution in [0.1, 0.15) is 64.0 Å². The Morgan fingerprint density at radius 2 is 1.86 bits per heavy atom. The van der Waals surface area contributed by atoms with E-state index in [1.807, 2.05) is 0 Å². The molecular weight excluding hydrogens is 277 g/mol. The van der Waals surface area contributed by atoms with Crippen LogP contribution in [0.4, 0.5) is 0 Å². The molecule has 0 atom stereocenters. The molecule has 3 N–H and O–H groups in total. The summed E-state index contributed by atoms with van der Waals surface area (Å²) in [6, 6.07) is 0. The van der Waals surface area contributed by atoms with Crippen LogP contribution in [0, 0.1) is 0 Å². The third-order valence-electron chi connectivity index (χ3n) is 2.95. The largest absolute Gasteiger partial charge is 1.00 e. The quantitative estimate of drug-likeness (QED) is 0.419. The number of carboxylic acid groups (broad SMARTS) is 1. The molecule has 0 saturated carbocycles. The summed E-state index contributed by atoms with van der Waals surface area (Å²) in [5, 5.41) is 10.0. The first-order chi connectivity index (χ1) is 9.70. The van der Waals surface area contributed by atoms with Crippen molar-refractivity contribution in [2.75, 3.05) is 6.54 Å². The molecule has 21 heavy (non-hydrogen) atoms. The van der Waals surface area contributed by atoms with Gasteiger partial charge in [-0.25, -0.2) is 4.98 Å². The summed E-state index contributed by atoms with van der Waals surface area (Å²) in [5.74, 6) is -0.913. The number of aliphatic carboxylic acids is 1. The van der Waals surface area contributed by atoms with Gasteiger partial charge in [0.25, 0.3) is 0 Å². The number of H-pyrrole nitrogens is 1. The molecular formula is C15H28N3NaO2. The van der Waals surface area contributed by atoms with E-state index in [0.717, 1.165) is 25.0 Å². The maximum atomic E-state index is 10.0. The average molecular weight is 305 g/mol. The zero-order valence-electron chi connectivity index (χ0n) is 13.6. The summed E-state index contributed by atoms with van der Waals surface area (Å²) in [4.78, 5) is 16.8. The van der Waals surface area contributed by atoms with Gasteiger partial charge in [0.1, 0.15) is 0 Å². The Bertz CT molecular complexity index is 319. The summed E-state index contributed by atoms with van der Waals surface area (Å²) < 4.78 is 0. The van der Waals surface area contributed by atoms with Crippen LogP contribution in [-0.4, -0.2) is 22.5 Å². The van der Waals surface area contributed by atoms with Gasteiger partial charge in [-0.2, -0.15) is 0 Å². The molecule has 0 bridgehead atoms. The van der Waals surface area contributed by atoms with Crippen molar-refractivity contribution in [2.24, 2.45) is 5.73 Å². The van der Waals surface area contributed by atoms with Gasteiger partial charge in [-0.3, -0.25) is 0 Å². The summed E-state index contributed by atoms with van der Waals surface area (Å²) in [5.41, 5.74) is 6.38. The molecule has 116 valence electrons. The molecule has 0 saturated heterocycles. The van der Waals surface area contributed by atoms with Gasteiger partial charge in [-0.15, -0.1) is 0 Å². The Kier molecular flexibility index (Phi) is 19.3. The van der Waals surface area contributed by atoms with Gasteiger partial charge in [0.05, 0.1) is 6.33 Å². The zero-order valence-corrected chi connectivity index (χ0v) is 15.6. The van der Waals surface area contributed by atoms with E-state index < -0.39 is 5.97 Å². The summed E-state index contributed by atoms with van der Waals surface area (Å²) >= 11 is 0. The fraction of sp³-hybridized carbons (Fsp3) is 0.733. The third kappa shape index (κ3) is 17.6. The summed E-state index contributed by atoms with van der Waals surface area (Å²) in [6.45, 7) is 2.87. The number of aromatic nitrogens is 2. The molecule has 5 nitrogen and oxygen atoms in total. The number of rotatable bonds is 10. The monoisotopic (exact) mass is 305 g/mol. The Hall–Kier alpha value is -0.360. The normalized spacial score (nSPS) is 9.43. The Morgan fingerprint density at radius 1 is 1.24 bits per heavy atom. The van der Waals surface area contributed by atoms with Crippen molar-refractivity contribution in [3.63, 3.8) is 0 Å². The number of carboxylic acids is 1. The van der Waals surface area contributed by atoms with Crippen molar-refractivity contribution < 1.29 is 39.5 Å². The van der Waals surface area contributed by atoms with Crippen LogP contribution in [0.25, 0.3) is 0 Å². The maximum Gasteiger partial charge on any atom is 1.00 e. The molecule has 0 spiro atoms. The Labute approximate surface area is 150 Å². The molecule has 0 amide bonds. The molecule has 0 aromatic carbocycles. The predicted molar refractivity (Wildman–Crippen MR) is 79.0 cm³/mol. The van der Waals surface area contributed by atoms with Gasteiger partial charge in [0, 0.05) is 24.3 Å². The second-order valence-electron chi connectivity index (χ2n) is 4.86. The maximum absolute atomic E-state index is 10.0. The standard InChI is InChI=1S/C10H20O2.C5H9N3.Na/c1-2-3-4-5-6-7-8-9-10(11)12;6-2-1-5-3-7-4-8-5;/h2-9H2,1H3,(H,11,12);3-4H,1-2,6H2,(H,7,8);/q;;+1/p-1. The SMILES string of the molecule is CCCCCCCCCC(=O)[O-].NCCc1cnc[nH]1.[Na+]. The van der Waals surface area contributed by atoms with Crippen molar-refractivity contribution in [2.45, 2.75) is 64.7 Å². The number of nitrogens with one attached hydrogen (secondary N) is 1. The number of hydrogen-bond acceptors (Lipinski definition) is 4. The first-order valence-electron chi connectivity index (χ1n) is 7.57. The molecule has 6 heteroatoms. The van der Waals surface area contributed by atoms with Gasteiger partial charge in [0.2, 0.25) is 0 Å². The van der Waals surface area contributed by atoms with E-state index in [-0.39, 0.29) is 36.0 Å². The van der Waals surface area contributed by atoms with Crippen molar-refractivity contribution in [1.82, 2.24) is 9.97 Å². The first kappa shape index (κ1) is 22.9. The summed E-state index contributed by atoms with van der Waals surface area (Å²) in [7, 11) is 0. The zero-order chi connectivity index (χ0) is 15.1. The van der Waals surface area contributed by atoms with Crippen molar-refractivity contribution >= 4 is 5.97 Å². The van der Waals surface area contributed by atoms with Gasteiger partial charge >= 0.3 is 29.6 Å². The van der Waals surface area contributed by atoms with E-state index in [4.69, 9.17) is 5.73 Å². The minimum atomic E-state index is -0.913. The van der Waals surface area contributed by atoms with E-state index in [1.54, 1.807) is 12.5 Å². The second-order valence-corrected chi connectivity index (χ2v) is 4.86. The number of aromatic amines is 1. The van der Waals surface area contributed by atoms with Gasteiger partial charge in [0.15, 0.2) is 0 Å². The number of carbonyl (C=O) groups is 1. The molecule has 0 radical (unpaired) electrons. The van der Waals surface area contributed by atoms with Crippen LogP contribution in [0.5, 0.6) is 0 Å². The van der Waals surface area contributed by atoms with Gasteiger partial charge in [-0.05, 0) is 19.4 Å². The molecule has 0 aliphatic heterocycles. The predicted octanol–water partition coefficient (Wildman–Crippen LogP) is -1.21. The van der Waals surface area contributed by atoms with E-state index in [0.29, 0.717) is 6.54 Å². The minimum Gasteiger partial charge on any atom is -0.550 e. The molecule has 1 rings (SSSR count). The van der Waals surface area contributed by atoms with Crippen molar-refractivity contribution in [1.29, 1.82) is 0 Å². The van der Waals surface area contributed by atoms with E-state index in [2.05, 4.69) is 16.9 Å². The number of nitrogens with two attached hydrogens (primary N) is 1. The van der Waals surface area contributed by atoms with Crippen molar-refractivity contribution in [3.8, 4) is 0 Å². The van der Waals surface area contributed by atoms with Crippen LogP contribution >= 0.6 is 0 Å². The smallest absolute Gasteiger partial charge is 0.550 e. The molecule has 1 heterocycles. The van der Waals surface area contributed by atoms with Crippen LogP contribution in [0.3, 0.4) is 0 Å². The van der Waals surface area contributed by atoms with Crippen LogP contribution in [-0.2, 0) is 11.2 Å². The topological polar surface area (TPSA) is 94.8 Å². The Balaban J connectivity index is 0. The number of unbranched alkanes of at least 4 members (excludes halogenated alkanes) is 6. The van der Waals surface area contributed by atoms with E-state index in [9.17, 15) is 9.90 Å². The molecule has 0 aliphatic carbocycles. The average Bonchev–Trinajstić information content (AvgIpc) is 2.92. The van der Waals surface area contributed by atoms with E-state index in [1.165, 1.54) is 32.1 Å². The molecule has 1 aromatic rings. The fourth-order valence-corrected chi connectivity index (χ4v) is 1.80. The number of imidazole rings is 1. The number of nitrogens with zero attached hydrogens (tertiary/aromatic N) is 1.